The first-order valence-corrected chi connectivity index (χ1v) is 10.7. The number of ether oxygens (including phenoxy) is 1. The number of carbonyl (C=O) groups is 1. The third-order valence-corrected chi connectivity index (χ3v) is 6.63. The predicted molar refractivity (Wildman–Crippen MR) is 105 cm³/mol. The highest BCUT2D eigenvalue weighted by Crippen LogP contribution is 2.31. The summed E-state index contributed by atoms with van der Waals surface area (Å²) in [5, 5.41) is 14.1. The van der Waals surface area contributed by atoms with Gasteiger partial charge < -0.3 is 14.7 Å². The minimum Gasteiger partial charge on any atom is -0.449 e. The highest BCUT2D eigenvalue weighted by Gasteiger charge is 2.21. The number of hydrogen-bond donors (Lipinski definition) is 1. The Labute approximate surface area is 159 Å². The van der Waals surface area contributed by atoms with E-state index in [9.17, 15) is 4.79 Å². The maximum atomic E-state index is 11.0. The summed E-state index contributed by atoms with van der Waals surface area (Å²) < 4.78 is 5.01. The molecule has 0 unspecified atom stereocenters. The van der Waals surface area contributed by atoms with Gasteiger partial charge in [-0.05, 0) is 47.6 Å². The molecule has 2 aromatic rings. The first-order valence-electron chi connectivity index (χ1n) is 7.96. The molecule has 3 heterocycles. The fraction of sp³-hybridized carbons (Fsp3) is 0.278. The van der Waals surface area contributed by atoms with Gasteiger partial charge in [0.05, 0.1) is 6.54 Å². The van der Waals surface area contributed by atoms with Gasteiger partial charge in [0, 0.05) is 16.3 Å². The van der Waals surface area contributed by atoms with E-state index in [0.717, 1.165) is 36.7 Å². The van der Waals surface area contributed by atoms with E-state index in [4.69, 9.17) is 9.84 Å². The summed E-state index contributed by atoms with van der Waals surface area (Å²) in [5.41, 5.74) is 0. The summed E-state index contributed by atoms with van der Waals surface area (Å²) in [6.07, 6.45) is 4.54. The molecule has 132 valence electrons. The molecule has 0 saturated carbocycles. The van der Waals surface area contributed by atoms with Crippen LogP contribution in [0, 0.1) is 0 Å². The summed E-state index contributed by atoms with van der Waals surface area (Å²) in [5.74, 6) is 1.35. The molecule has 4 nitrogen and oxygen atoms in total. The smallest absolute Gasteiger partial charge is 0.449 e. The number of rotatable bonds is 8. The number of thiophene rings is 2. The van der Waals surface area contributed by atoms with E-state index < -0.39 is 6.16 Å². The van der Waals surface area contributed by atoms with Crippen molar-refractivity contribution in [2.24, 2.45) is 0 Å². The second-order valence-electron chi connectivity index (χ2n) is 5.43. The van der Waals surface area contributed by atoms with Gasteiger partial charge in [0.25, 0.3) is 0 Å². The van der Waals surface area contributed by atoms with Crippen LogP contribution in [0.15, 0.2) is 58.0 Å². The molecule has 0 aromatic carbocycles. The van der Waals surface area contributed by atoms with Crippen LogP contribution in [0.25, 0.3) is 0 Å². The van der Waals surface area contributed by atoms with Crippen LogP contribution in [0.1, 0.15) is 16.2 Å². The molecule has 1 N–H and O–H groups in total. The molecule has 0 atom stereocenters. The Hall–Kier alpha value is -1.70. The molecule has 0 spiro atoms. The zero-order valence-corrected chi connectivity index (χ0v) is 16.0. The van der Waals surface area contributed by atoms with Crippen LogP contribution in [-0.4, -0.2) is 28.5 Å². The van der Waals surface area contributed by atoms with E-state index in [-0.39, 0.29) is 0 Å². The molecular formula is C18H19NO3S3. The summed E-state index contributed by atoms with van der Waals surface area (Å²) in [6.45, 7) is 1.53. The van der Waals surface area contributed by atoms with Gasteiger partial charge in [-0.1, -0.05) is 18.2 Å². The van der Waals surface area contributed by atoms with Gasteiger partial charge >= 0.3 is 6.16 Å². The van der Waals surface area contributed by atoms with Crippen LogP contribution < -0.4 is 0 Å². The van der Waals surface area contributed by atoms with E-state index in [1.54, 1.807) is 40.5 Å². The van der Waals surface area contributed by atoms with Crippen molar-refractivity contribution in [2.45, 2.75) is 19.4 Å². The Balaban J connectivity index is 1.65. The number of nitrogens with zero attached hydrogens (tertiary/aromatic N) is 1. The number of thioether (sulfide) groups is 1. The largest absolute Gasteiger partial charge is 0.511 e. The van der Waals surface area contributed by atoms with Gasteiger partial charge in [0.1, 0.15) is 5.03 Å². The summed E-state index contributed by atoms with van der Waals surface area (Å²) in [4.78, 5) is 15.8. The topological polar surface area (TPSA) is 49.8 Å². The van der Waals surface area contributed by atoms with Crippen molar-refractivity contribution in [2.75, 3.05) is 12.3 Å². The summed E-state index contributed by atoms with van der Waals surface area (Å²) >= 11 is 5.16. The fourth-order valence-electron chi connectivity index (χ4n) is 2.53. The molecule has 25 heavy (non-hydrogen) atoms. The Morgan fingerprint density at radius 3 is 2.68 bits per heavy atom. The van der Waals surface area contributed by atoms with Gasteiger partial charge in [-0.15, -0.1) is 34.4 Å². The van der Waals surface area contributed by atoms with Crippen molar-refractivity contribution in [3.8, 4) is 0 Å². The fourth-order valence-corrected chi connectivity index (χ4v) is 5.05. The zero-order chi connectivity index (χ0) is 17.5. The van der Waals surface area contributed by atoms with E-state index in [1.165, 1.54) is 9.75 Å². The summed E-state index contributed by atoms with van der Waals surface area (Å²) in [7, 11) is 0. The number of aryl methyl sites for hydroxylation is 1. The molecule has 0 bridgehead atoms. The van der Waals surface area contributed by atoms with E-state index >= 15 is 0 Å². The third kappa shape index (κ3) is 5.39. The van der Waals surface area contributed by atoms with Crippen LogP contribution in [0.5, 0.6) is 0 Å². The number of carboxylic acid groups (broad SMARTS) is 1. The van der Waals surface area contributed by atoms with E-state index in [2.05, 4.69) is 33.9 Å². The molecule has 2 aromatic heterocycles. The Kier molecular flexibility index (Phi) is 6.61. The quantitative estimate of drug-likeness (QED) is 0.480. The SMILES string of the molecule is O=C(O)OC1=C(SCCCc2cccs2)N(Cc2cccs2)CC=C1. The molecule has 0 saturated heterocycles. The van der Waals surface area contributed by atoms with Crippen LogP contribution in [0.3, 0.4) is 0 Å². The number of allylic oxidation sites excluding steroid dienone is 1. The monoisotopic (exact) mass is 393 g/mol. The normalized spacial score (nSPS) is 14.2. The van der Waals surface area contributed by atoms with E-state index in [0.29, 0.717) is 5.76 Å². The van der Waals surface area contributed by atoms with Crippen molar-refractivity contribution in [1.29, 1.82) is 0 Å². The van der Waals surface area contributed by atoms with Gasteiger partial charge in [-0.3, -0.25) is 0 Å². The van der Waals surface area contributed by atoms with Crippen LogP contribution in [-0.2, 0) is 17.7 Å². The molecule has 1 aliphatic rings. The lowest BCUT2D eigenvalue weighted by Gasteiger charge is -2.29. The lowest BCUT2D eigenvalue weighted by atomic mass is 10.3. The van der Waals surface area contributed by atoms with E-state index in [1.807, 2.05) is 12.1 Å². The predicted octanol–water partition coefficient (Wildman–Crippen LogP) is 5.41. The highest BCUT2D eigenvalue weighted by atomic mass is 32.2. The van der Waals surface area contributed by atoms with Crippen molar-refractivity contribution in [3.63, 3.8) is 0 Å². The standard InChI is InChI=1S/C18H19NO3S3/c20-18(21)22-16-8-1-9-19(13-15-7-4-11-24-15)17(16)25-12-3-6-14-5-2-10-23-14/h1-2,4-5,7-8,10-11H,3,6,9,12-13H2,(H,20,21). The van der Waals surface area contributed by atoms with Crippen molar-refractivity contribution >= 4 is 40.6 Å². The molecule has 0 fully saturated rings. The first-order chi connectivity index (χ1) is 12.2. The van der Waals surface area contributed by atoms with Crippen molar-refractivity contribution in [1.82, 2.24) is 4.90 Å². The van der Waals surface area contributed by atoms with Crippen LogP contribution in [0.4, 0.5) is 4.79 Å². The average molecular weight is 394 g/mol. The lowest BCUT2D eigenvalue weighted by Crippen LogP contribution is -2.25. The number of hydrogen-bond acceptors (Lipinski definition) is 6. The lowest BCUT2D eigenvalue weighted by molar-refractivity contribution is 0.119. The molecule has 7 heteroatoms. The highest BCUT2D eigenvalue weighted by molar-refractivity contribution is 8.03. The summed E-state index contributed by atoms with van der Waals surface area (Å²) in [6, 6.07) is 8.36. The third-order valence-electron chi connectivity index (χ3n) is 3.60. The van der Waals surface area contributed by atoms with Gasteiger partial charge in [-0.25, -0.2) is 4.79 Å². The maximum Gasteiger partial charge on any atom is 0.511 e. The Morgan fingerprint density at radius 1 is 1.24 bits per heavy atom. The minimum atomic E-state index is -1.27. The molecular weight excluding hydrogens is 374 g/mol. The molecule has 0 aliphatic carbocycles. The minimum absolute atomic E-state index is 0.427. The molecule has 3 rings (SSSR count). The van der Waals surface area contributed by atoms with Gasteiger partial charge in [0.15, 0.2) is 5.76 Å². The first kappa shape index (κ1) is 18.1. The Bertz CT molecular complexity index is 736. The average Bonchev–Trinajstić information content (AvgIpc) is 3.26. The van der Waals surface area contributed by atoms with Crippen molar-refractivity contribution in [3.05, 3.63) is 67.7 Å². The van der Waals surface area contributed by atoms with Gasteiger partial charge in [-0.2, -0.15) is 0 Å². The Morgan fingerprint density at radius 2 is 2.00 bits per heavy atom. The molecule has 0 amide bonds. The molecule has 1 aliphatic heterocycles. The van der Waals surface area contributed by atoms with Crippen molar-refractivity contribution < 1.29 is 14.6 Å². The van der Waals surface area contributed by atoms with Crippen LogP contribution in [0.2, 0.25) is 0 Å². The van der Waals surface area contributed by atoms with Crippen LogP contribution >= 0.6 is 34.4 Å². The maximum absolute atomic E-state index is 11.0. The second-order valence-corrected chi connectivity index (χ2v) is 8.58. The van der Waals surface area contributed by atoms with Gasteiger partial charge in [0.2, 0.25) is 0 Å². The second kappa shape index (κ2) is 9.12. The molecule has 0 radical (unpaired) electrons. The zero-order valence-electron chi connectivity index (χ0n) is 13.6.